The molecule has 0 radical (unpaired) electrons. The Hall–Kier alpha value is -1.89. The molecule has 8 nitrogen and oxygen atoms in total. The Morgan fingerprint density at radius 2 is 1.89 bits per heavy atom. The van der Waals surface area contributed by atoms with Gasteiger partial charge in [-0.05, 0) is 32.5 Å². The summed E-state index contributed by atoms with van der Waals surface area (Å²) in [5.41, 5.74) is 1.11. The van der Waals surface area contributed by atoms with E-state index >= 15 is 0 Å². The number of aromatic nitrogens is 3. The van der Waals surface area contributed by atoms with Crippen LogP contribution in [-0.4, -0.2) is 73.5 Å². The van der Waals surface area contributed by atoms with E-state index in [1.807, 2.05) is 0 Å². The van der Waals surface area contributed by atoms with Crippen LogP contribution in [0, 0.1) is 0 Å². The average Bonchev–Trinajstić information content (AvgIpc) is 2.63. The number of anilines is 3. The summed E-state index contributed by atoms with van der Waals surface area (Å²) in [7, 11) is 1.14. The maximum atomic E-state index is 12.2. The molecule has 0 atom stereocenters. The smallest absolute Gasteiger partial charge is 0.238 e. The number of likely N-dealkylation sites (N-methyl/N-ethyl adjacent to an activating group) is 1. The number of pyridine rings is 1. The number of nitrogens with zero attached hydrogens (tertiary/aromatic N) is 5. The fraction of sp³-hybridized carbons (Fsp3) is 0.471. The third-order valence-electron chi connectivity index (χ3n) is 4.37. The molecule has 10 heteroatoms. The van der Waals surface area contributed by atoms with E-state index < -0.39 is 7.14 Å². The molecule has 0 saturated carbocycles. The van der Waals surface area contributed by atoms with Gasteiger partial charge in [-0.2, -0.15) is 4.98 Å². The normalized spacial score (nSPS) is 15.7. The van der Waals surface area contributed by atoms with Gasteiger partial charge in [0.25, 0.3) is 0 Å². The molecule has 146 valence electrons. The van der Waals surface area contributed by atoms with Gasteiger partial charge in [0.1, 0.15) is 23.3 Å². The first-order valence-electron chi connectivity index (χ1n) is 8.61. The van der Waals surface area contributed by atoms with E-state index in [1.165, 1.54) is 7.11 Å². The van der Waals surface area contributed by atoms with Crippen LogP contribution in [0.3, 0.4) is 0 Å². The summed E-state index contributed by atoms with van der Waals surface area (Å²) >= 11 is 6.32. The van der Waals surface area contributed by atoms with Crippen LogP contribution in [-0.2, 0) is 4.57 Å². The number of nitrogens with one attached hydrogen (secondary N) is 1. The lowest BCUT2D eigenvalue weighted by Crippen LogP contribution is -2.45. The molecule has 0 aliphatic carbocycles. The molecule has 1 N–H and O–H groups in total. The number of hydrogen-bond acceptors (Lipinski definition) is 8. The van der Waals surface area contributed by atoms with Crippen molar-refractivity contribution in [3.63, 3.8) is 0 Å². The van der Waals surface area contributed by atoms with Crippen molar-refractivity contribution in [3.05, 3.63) is 23.4 Å². The summed E-state index contributed by atoms with van der Waals surface area (Å²) in [6.07, 6.45) is 1.59. The lowest BCUT2D eigenvalue weighted by Gasteiger charge is -2.33. The molecule has 1 aliphatic heterocycles. The summed E-state index contributed by atoms with van der Waals surface area (Å²) in [5, 5.41) is 3.64. The molecule has 1 saturated heterocycles. The second-order valence-electron chi connectivity index (χ2n) is 6.86. The Morgan fingerprint density at radius 1 is 1.19 bits per heavy atom. The topological polar surface area (TPSA) is 83.5 Å². The minimum atomic E-state index is -2.48. The molecule has 2 aromatic rings. The first-order chi connectivity index (χ1) is 12.8. The van der Waals surface area contributed by atoms with Crippen molar-refractivity contribution in [2.45, 2.75) is 0 Å². The summed E-state index contributed by atoms with van der Waals surface area (Å²) in [4.78, 5) is 17.6. The number of ether oxygens (including phenoxy) is 1. The van der Waals surface area contributed by atoms with Crippen LogP contribution in [0.1, 0.15) is 0 Å². The predicted molar refractivity (Wildman–Crippen MR) is 110 cm³/mol. The van der Waals surface area contributed by atoms with Gasteiger partial charge in [0.15, 0.2) is 5.82 Å². The van der Waals surface area contributed by atoms with E-state index in [9.17, 15) is 4.57 Å². The Balaban J connectivity index is 1.86. The quantitative estimate of drug-likeness (QED) is 0.752. The molecule has 3 heterocycles. The van der Waals surface area contributed by atoms with Gasteiger partial charge in [0.05, 0.1) is 13.3 Å². The Bertz CT molecular complexity index is 866. The maximum Gasteiger partial charge on any atom is 0.238 e. The van der Waals surface area contributed by atoms with Crippen molar-refractivity contribution < 1.29 is 9.30 Å². The summed E-state index contributed by atoms with van der Waals surface area (Å²) in [6, 6.07) is 3.50. The lowest BCUT2D eigenvalue weighted by molar-refractivity contribution is 0.312. The van der Waals surface area contributed by atoms with Crippen LogP contribution in [0.15, 0.2) is 18.3 Å². The van der Waals surface area contributed by atoms with Crippen LogP contribution >= 0.6 is 18.7 Å². The van der Waals surface area contributed by atoms with Crippen LogP contribution in [0.5, 0.6) is 5.88 Å². The number of hydrogen-bond donors (Lipinski definition) is 1. The highest BCUT2D eigenvalue weighted by Gasteiger charge is 2.20. The third-order valence-corrected chi connectivity index (χ3v) is 5.98. The Kier molecular flexibility index (Phi) is 5.89. The van der Waals surface area contributed by atoms with Crippen LogP contribution in [0.2, 0.25) is 5.02 Å². The fourth-order valence-corrected chi connectivity index (χ4v) is 3.74. The molecule has 3 rings (SSSR count). The zero-order chi connectivity index (χ0) is 19.6. The largest absolute Gasteiger partial charge is 0.479 e. The minimum Gasteiger partial charge on any atom is -0.479 e. The highest BCUT2D eigenvalue weighted by molar-refractivity contribution is 7.69. The average molecular weight is 411 g/mol. The molecule has 0 aromatic carbocycles. The number of piperazine rings is 1. The standard InChI is InChI=1S/C17H24ClN6O2P/c1-23-7-9-24(10-8-23)15-12(18)11-19-17(22-15)20-13-5-6-14(27(3,4)25)21-16(13)26-2/h5-6,11H,7-10H2,1-4H3,(H,19,20,22). The van der Waals surface area contributed by atoms with E-state index in [2.05, 4.69) is 37.1 Å². The second kappa shape index (κ2) is 8.00. The molecular formula is C17H24ClN6O2P. The van der Waals surface area contributed by atoms with Crippen molar-refractivity contribution in [2.75, 3.05) is 63.9 Å². The van der Waals surface area contributed by atoms with Crippen molar-refractivity contribution >= 4 is 41.6 Å². The Labute approximate surface area is 164 Å². The van der Waals surface area contributed by atoms with Gasteiger partial charge >= 0.3 is 0 Å². The minimum absolute atomic E-state index is 0.344. The van der Waals surface area contributed by atoms with Crippen LogP contribution in [0.4, 0.5) is 17.5 Å². The van der Waals surface area contributed by atoms with Gasteiger partial charge in [-0.25, -0.2) is 9.97 Å². The van der Waals surface area contributed by atoms with Crippen LogP contribution < -0.4 is 20.4 Å². The summed E-state index contributed by atoms with van der Waals surface area (Å²) in [5.74, 6) is 1.45. The van der Waals surface area contributed by atoms with Gasteiger partial charge in [0, 0.05) is 26.2 Å². The van der Waals surface area contributed by atoms with Crippen molar-refractivity contribution in [1.29, 1.82) is 0 Å². The maximum absolute atomic E-state index is 12.2. The van der Waals surface area contributed by atoms with E-state index in [0.29, 0.717) is 33.8 Å². The molecule has 0 bridgehead atoms. The molecule has 1 aliphatic rings. The van der Waals surface area contributed by atoms with Gasteiger partial charge in [-0.15, -0.1) is 0 Å². The number of halogens is 1. The van der Waals surface area contributed by atoms with E-state index in [0.717, 1.165) is 26.2 Å². The highest BCUT2D eigenvalue weighted by Crippen LogP contribution is 2.36. The number of methoxy groups -OCH3 is 1. The van der Waals surface area contributed by atoms with Crippen molar-refractivity contribution in [2.24, 2.45) is 0 Å². The van der Waals surface area contributed by atoms with E-state index in [4.69, 9.17) is 16.3 Å². The first-order valence-corrected chi connectivity index (χ1v) is 11.6. The van der Waals surface area contributed by atoms with Gasteiger partial charge in [0.2, 0.25) is 11.8 Å². The second-order valence-corrected chi connectivity index (χ2v) is 10.4. The van der Waals surface area contributed by atoms with Gasteiger partial charge in [-0.3, -0.25) is 0 Å². The summed E-state index contributed by atoms with van der Waals surface area (Å²) < 4.78 is 17.6. The molecule has 0 amide bonds. The lowest BCUT2D eigenvalue weighted by atomic mass is 10.3. The third kappa shape index (κ3) is 4.69. The molecule has 2 aromatic heterocycles. The predicted octanol–water partition coefficient (Wildman–Crippen LogP) is 2.28. The van der Waals surface area contributed by atoms with Gasteiger partial charge in [-0.1, -0.05) is 11.6 Å². The van der Waals surface area contributed by atoms with Crippen molar-refractivity contribution in [3.8, 4) is 5.88 Å². The first kappa shape index (κ1) is 19.9. The van der Waals surface area contributed by atoms with Gasteiger partial charge < -0.3 is 24.4 Å². The fourth-order valence-electron chi connectivity index (χ4n) is 2.76. The number of rotatable bonds is 5. The van der Waals surface area contributed by atoms with E-state index in [1.54, 1.807) is 31.7 Å². The van der Waals surface area contributed by atoms with Crippen LogP contribution in [0.25, 0.3) is 0 Å². The summed E-state index contributed by atoms with van der Waals surface area (Å²) in [6.45, 7) is 6.97. The molecule has 0 unspecified atom stereocenters. The Morgan fingerprint density at radius 3 is 2.52 bits per heavy atom. The zero-order valence-electron chi connectivity index (χ0n) is 15.9. The zero-order valence-corrected chi connectivity index (χ0v) is 17.6. The van der Waals surface area contributed by atoms with E-state index in [-0.39, 0.29) is 0 Å². The van der Waals surface area contributed by atoms with Crippen molar-refractivity contribution in [1.82, 2.24) is 19.9 Å². The molecule has 0 spiro atoms. The molecular weight excluding hydrogens is 387 g/mol. The molecule has 1 fully saturated rings. The highest BCUT2D eigenvalue weighted by atomic mass is 35.5. The monoisotopic (exact) mass is 410 g/mol. The SMILES string of the molecule is COc1nc(P(C)(C)=O)ccc1Nc1ncc(Cl)c(N2CCN(C)CC2)n1. The molecule has 27 heavy (non-hydrogen) atoms.